The predicted octanol–water partition coefficient (Wildman–Crippen LogP) is 0.832. The molecule has 1 saturated heterocycles. The van der Waals surface area contributed by atoms with Crippen LogP contribution >= 0.6 is 0 Å². The summed E-state index contributed by atoms with van der Waals surface area (Å²) >= 11 is 0. The zero-order chi connectivity index (χ0) is 18.7. The third-order valence-electron chi connectivity index (χ3n) is 4.46. The van der Waals surface area contributed by atoms with Crippen molar-refractivity contribution < 1.29 is 19.1 Å². The Morgan fingerprint density at radius 1 is 1.23 bits per heavy atom. The van der Waals surface area contributed by atoms with Gasteiger partial charge in [0.1, 0.15) is 12.3 Å². The van der Waals surface area contributed by atoms with Gasteiger partial charge in [0.15, 0.2) is 11.5 Å². The third kappa shape index (κ3) is 3.76. The van der Waals surface area contributed by atoms with E-state index >= 15 is 0 Å². The number of amides is 1. The van der Waals surface area contributed by atoms with Gasteiger partial charge >= 0.3 is 0 Å². The van der Waals surface area contributed by atoms with E-state index in [1.165, 1.54) is 6.26 Å². The number of nitrogens with zero attached hydrogens (tertiary/aromatic N) is 3. The summed E-state index contributed by atoms with van der Waals surface area (Å²) < 4.78 is 5.17. The van der Waals surface area contributed by atoms with Crippen molar-refractivity contribution in [3.63, 3.8) is 0 Å². The summed E-state index contributed by atoms with van der Waals surface area (Å²) in [6.45, 7) is 3.73. The summed E-state index contributed by atoms with van der Waals surface area (Å²) in [4.78, 5) is 31.8. The first-order valence-corrected chi connectivity index (χ1v) is 8.46. The highest BCUT2D eigenvalue weighted by Crippen LogP contribution is 2.19. The van der Waals surface area contributed by atoms with Gasteiger partial charge in [-0.1, -0.05) is 0 Å². The number of nitrogens with two attached hydrogens (primary N) is 1. The molecule has 1 aromatic heterocycles. The molecule has 1 aliphatic rings. The van der Waals surface area contributed by atoms with Gasteiger partial charge in [-0.2, -0.15) is 0 Å². The maximum absolute atomic E-state index is 12.5. The summed E-state index contributed by atoms with van der Waals surface area (Å²) in [6.07, 6.45) is 1.28. The van der Waals surface area contributed by atoms with Crippen molar-refractivity contribution in [1.29, 1.82) is 0 Å². The lowest BCUT2D eigenvalue weighted by atomic mass is 10.1. The maximum atomic E-state index is 12.5. The number of anilines is 1. The fourth-order valence-corrected chi connectivity index (χ4v) is 2.87. The quantitative estimate of drug-likeness (QED) is 0.761. The molecular weight excluding hydrogens is 336 g/mol. The van der Waals surface area contributed by atoms with Gasteiger partial charge in [-0.05, 0) is 31.2 Å². The Morgan fingerprint density at radius 2 is 1.88 bits per heavy atom. The standard InChI is InChI=1S/C18H22N4O4/c1-12(24)13-2-4-14(5-3-13)21-6-8-22(9-7-21)18(25)16-11-26-17(20-16)15(19)10-23/h2-5,11,15,23H,6-10,19H2,1H3. The monoisotopic (exact) mass is 358 g/mol. The van der Waals surface area contributed by atoms with E-state index in [4.69, 9.17) is 15.3 Å². The fourth-order valence-electron chi connectivity index (χ4n) is 2.87. The number of Topliss-reactive ketones (excluding diaryl/α,β-unsaturated/α-hetero) is 1. The molecule has 2 aromatic rings. The first-order chi connectivity index (χ1) is 12.5. The molecular formula is C18H22N4O4. The van der Waals surface area contributed by atoms with Gasteiger partial charge in [-0.15, -0.1) is 0 Å². The van der Waals surface area contributed by atoms with Crippen molar-refractivity contribution in [2.45, 2.75) is 13.0 Å². The van der Waals surface area contributed by atoms with Crippen LogP contribution in [0.1, 0.15) is 39.7 Å². The van der Waals surface area contributed by atoms with Crippen LogP contribution in [-0.4, -0.2) is 59.5 Å². The van der Waals surface area contributed by atoms with Crippen molar-refractivity contribution >= 4 is 17.4 Å². The van der Waals surface area contributed by atoms with Gasteiger partial charge in [-0.3, -0.25) is 9.59 Å². The topological polar surface area (TPSA) is 113 Å². The number of carbonyl (C=O) groups excluding carboxylic acids is 2. The molecule has 1 unspecified atom stereocenters. The van der Waals surface area contributed by atoms with Crippen LogP contribution in [0.15, 0.2) is 34.9 Å². The van der Waals surface area contributed by atoms with E-state index in [1.807, 2.05) is 24.3 Å². The van der Waals surface area contributed by atoms with Gasteiger partial charge in [0.05, 0.1) is 6.61 Å². The Kier molecular flexibility index (Phi) is 5.34. The predicted molar refractivity (Wildman–Crippen MR) is 95.1 cm³/mol. The van der Waals surface area contributed by atoms with Crippen LogP contribution in [0.2, 0.25) is 0 Å². The first-order valence-electron chi connectivity index (χ1n) is 8.46. The molecule has 8 nitrogen and oxygen atoms in total. The van der Waals surface area contributed by atoms with Gasteiger partial charge in [0, 0.05) is 37.4 Å². The number of piperazine rings is 1. The number of aliphatic hydroxyl groups excluding tert-OH is 1. The smallest absolute Gasteiger partial charge is 0.275 e. The largest absolute Gasteiger partial charge is 0.446 e. The molecule has 8 heteroatoms. The van der Waals surface area contributed by atoms with Crippen molar-refractivity contribution in [2.24, 2.45) is 5.73 Å². The lowest BCUT2D eigenvalue weighted by Gasteiger charge is -2.35. The minimum atomic E-state index is -0.730. The number of ketones is 1. The van der Waals surface area contributed by atoms with Crippen LogP contribution < -0.4 is 10.6 Å². The Labute approximate surface area is 151 Å². The number of hydrogen-bond acceptors (Lipinski definition) is 7. The lowest BCUT2D eigenvalue weighted by molar-refractivity contribution is 0.0740. The fraction of sp³-hybridized carbons (Fsp3) is 0.389. The Balaban J connectivity index is 1.60. The molecule has 1 atom stereocenters. The highest BCUT2D eigenvalue weighted by Gasteiger charge is 2.25. The summed E-state index contributed by atoms with van der Waals surface area (Å²) in [5.41, 5.74) is 7.55. The molecule has 26 heavy (non-hydrogen) atoms. The zero-order valence-corrected chi connectivity index (χ0v) is 14.6. The molecule has 0 bridgehead atoms. The first kappa shape index (κ1) is 18.1. The van der Waals surface area contributed by atoms with Crippen LogP contribution in [-0.2, 0) is 0 Å². The number of oxazole rings is 1. The van der Waals surface area contributed by atoms with E-state index < -0.39 is 6.04 Å². The summed E-state index contributed by atoms with van der Waals surface area (Å²) in [5.74, 6) is -0.0170. The average molecular weight is 358 g/mol. The number of aromatic nitrogens is 1. The van der Waals surface area contributed by atoms with Crippen molar-refractivity contribution in [3.8, 4) is 0 Å². The van der Waals surface area contributed by atoms with Crippen LogP contribution in [0.3, 0.4) is 0 Å². The van der Waals surface area contributed by atoms with Gasteiger partial charge in [-0.25, -0.2) is 4.98 Å². The SMILES string of the molecule is CC(=O)c1ccc(N2CCN(C(=O)c3coc(C(N)CO)n3)CC2)cc1. The lowest BCUT2D eigenvalue weighted by Crippen LogP contribution is -2.48. The zero-order valence-electron chi connectivity index (χ0n) is 14.6. The number of aliphatic hydroxyl groups is 1. The van der Waals surface area contributed by atoms with Gasteiger partial charge in [0.2, 0.25) is 5.89 Å². The Hall–Kier alpha value is -2.71. The Morgan fingerprint density at radius 3 is 2.46 bits per heavy atom. The van der Waals surface area contributed by atoms with E-state index in [0.29, 0.717) is 31.7 Å². The van der Waals surface area contributed by atoms with Gasteiger partial charge in [0.25, 0.3) is 5.91 Å². The number of carbonyl (C=O) groups is 2. The molecule has 0 radical (unpaired) electrons. The number of hydrogen-bond donors (Lipinski definition) is 2. The molecule has 1 aromatic carbocycles. The minimum Gasteiger partial charge on any atom is -0.446 e. The highest BCUT2D eigenvalue weighted by molar-refractivity contribution is 5.94. The normalized spacial score (nSPS) is 15.8. The highest BCUT2D eigenvalue weighted by atomic mass is 16.3. The van der Waals surface area contributed by atoms with E-state index in [9.17, 15) is 9.59 Å². The number of benzene rings is 1. The summed E-state index contributed by atoms with van der Waals surface area (Å²) in [6, 6.07) is 6.75. The molecule has 0 saturated carbocycles. The van der Waals surface area contributed by atoms with Crippen LogP contribution in [0.25, 0.3) is 0 Å². The molecule has 0 spiro atoms. The maximum Gasteiger partial charge on any atom is 0.275 e. The van der Waals surface area contributed by atoms with E-state index in [2.05, 4.69) is 9.88 Å². The minimum absolute atomic E-state index is 0.0415. The molecule has 3 rings (SSSR count). The number of rotatable bonds is 5. The van der Waals surface area contributed by atoms with Crippen LogP contribution in [0.4, 0.5) is 5.69 Å². The Bertz CT molecular complexity index is 779. The molecule has 1 amide bonds. The second-order valence-electron chi connectivity index (χ2n) is 6.24. The summed E-state index contributed by atoms with van der Waals surface area (Å²) in [7, 11) is 0. The van der Waals surface area contributed by atoms with Crippen molar-refractivity contribution in [2.75, 3.05) is 37.7 Å². The van der Waals surface area contributed by atoms with Crippen molar-refractivity contribution in [3.05, 3.63) is 47.7 Å². The molecule has 1 fully saturated rings. The van der Waals surface area contributed by atoms with E-state index in [-0.39, 0.29) is 29.9 Å². The van der Waals surface area contributed by atoms with E-state index in [1.54, 1.807) is 11.8 Å². The van der Waals surface area contributed by atoms with E-state index in [0.717, 1.165) is 5.69 Å². The molecule has 1 aliphatic heterocycles. The molecule has 138 valence electrons. The summed E-state index contributed by atoms with van der Waals surface area (Å²) in [5, 5.41) is 9.03. The second-order valence-corrected chi connectivity index (χ2v) is 6.24. The van der Waals surface area contributed by atoms with Crippen molar-refractivity contribution in [1.82, 2.24) is 9.88 Å². The second kappa shape index (κ2) is 7.67. The molecule has 0 aliphatic carbocycles. The molecule has 2 heterocycles. The van der Waals surface area contributed by atoms with Crippen LogP contribution in [0.5, 0.6) is 0 Å². The average Bonchev–Trinajstić information content (AvgIpc) is 3.17. The third-order valence-corrected chi connectivity index (χ3v) is 4.46. The van der Waals surface area contributed by atoms with Gasteiger partial charge < -0.3 is 25.1 Å². The molecule has 3 N–H and O–H groups in total. The van der Waals surface area contributed by atoms with Crippen LogP contribution in [0, 0.1) is 0 Å².